The summed E-state index contributed by atoms with van der Waals surface area (Å²) in [6, 6.07) is 20.9. The molecule has 0 unspecified atom stereocenters. The third-order valence-corrected chi connectivity index (χ3v) is 7.83. The number of carbonyl (C=O) groups is 3. The number of aromatic nitrogens is 1. The first kappa shape index (κ1) is 28.0. The lowest BCUT2D eigenvalue weighted by atomic mass is 9.95. The van der Waals surface area contributed by atoms with Gasteiger partial charge in [-0.3, -0.25) is 19.4 Å². The first-order chi connectivity index (χ1) is 19.9. The summed E-state index contributed by atoms with van der Waals surface area (Å²) in [6.07, 6.45) is 3.16. The third-order valence-electron chi connectivity index (χ3n) is 6.66. The van der Waals surface area contributed by atoms with Gasteiger partial charge in [0.05, 0.1) is 24.4 Å². The van der Waals surface area contributed by atoms with Crippen molar-refractivity contribution in [2.75, 3.05) is 23.0 Å². The van der Waals surface area contributed by atoms with Gasteiger partial charge in [0.1, 0.15) is 0 Å². The summed E-state index contributed by atoms with van der Waals surface area (Å²) in [5.41, 5.74) is 9.56. The number of benzene rings is 3. The summed E-state index contributed by atoms with van der Waals surface area (Å²) in [5.74, 6) is -0.979. The Bertz CT molecular complexity index is 1600. The zero-order chi connectivity index (χ0) is 28.8. The van der Waals surface area contributed by atoms with Crippen molar-refractivity contribution >= 4 is 40.9 Å². The van der Waals surface area contributed by atoms with Crippen LogP contribution in [0.1, 0.15) is 32.7 Å². The SMILES string of the molecule is NCc1ccc(C(=O)Nc2ccncc2F)cc1-c1cccc(C(=O)Nc2ccc(SC[C@@H]3CCOC3=O)cc2)c1. The van der Waals surface area contributed by atoms with E-state index < -0.39 is 11.7 Å². The van der Waals surface area contributed by atoms with Gasteiger partial charge in [-0.2, -0.15) is 0 Å². The molecule has 2 heterocycles. The van der Waals surface area contributed by atoms with E-state index in [4.69, 9.17) is 10.5 Å². The van der Waals surface area contributed by atoms with Gasteiger partial charge in [0.25, 0.3) is 11.8 Å². The van der Waals surface area contributed by atoms with E-state index in [9.17, 15) is 18.8 Å². The zero-order valence-electron chi connectivity index (χ0n) is 21.9. The number of anilines is 2. The summed E-state index contributed by atoms with van der Waals surface area (Å²) >= 11 is 1.58. The molecule has 0 aliphatic carbocycles. The number of amides is 2. The predicted octanol–water partition coefficient (Wildman–Crippen LogP) is 5.51. The lowest BCUT2D eigenvalue weighted by Crippen LogP contribution is -2.14. The van der Waals surface area contributed by atoms with Crippen LogP contribution in [-0.4, -0.2) is 35.1 Å². The van der Waals surface area contributed by atoms with Crippen LogP contribution in [0.2, 0.25) is 0 Å². The molecule has 0 radical (unpaired) electrons. The largest absolute Gasteiger partial charge is 0.465 e. The maximum atomic E-state index is 14.0. The van der Waals surface area contributed by atoms with Gasteiger partial charge in [0, 0.05) is 40.2 Å². The Balaban J connectivity index is 1.29. The van der Waals surface area contributed by atoms with Crippen LogP contribution in [0, 0.1) is 11.7 Å². The molecule has 208 valence electrons. The number of thioether (sulfide) groups is 1. The van der Waals surface area contributed by atoms with Crippen molar-refractivity contribution in [1.29, 1.82) is 0 Å². The van der Waals surface area contributed by atoms with Gasteiger partial charge in [0.2, 0.25) is 0 Å². The Morgan fingerprint density at radius 3 is 2.51 bits per heavy atom. The number of ether oxygens (including phenoxy) is 1. The number of nitrogens with one attached hydrogen (secondary N) is 2. The Labute approximate surface area is 240 Å². The number of nitrogens with zero attached hydrogens (tertiary/aromatic N) is 1. The van der Waals surface area contributed by atoms with Crippen molar-refractivity contribution < 1.29 is 23.5 Å². The van der Waals surface area contributed by atoms with Crippen LogP contribution in [0.5, 0.6) is 0 Å². The highest BCUT2D eigenvalue weighted by Gasteiger charge is 2.26. The first-order valence-electron chi connectivity index (χ1n) is 13.0. The molecule has 1 fully saturated rings. The second-order valence-electron chi connectivity index (χ2n) is 9.41. The van der Waals surface area contributed by atoms with Crippen LogP contribution < -0.4 is 16.4 Å². The number of cyclic esters (lactones) is 1. The van der Waals surface area contributed by atoms with E-state index in [0.717, 1.165) is 23.1 Å². The quantitative estimate of drug-likeness (QED) is 0.179. The summed E-state index contributed by atoms with van der Waals surface area (Å²) < 4.78 is 19.0. The molecule has 1 aromatic heterocycles. The van der Waals surface area contributed by atoms with Gasteiger partial charge in [0.15, 0.2) is 5.82 Å². The molecule has 4 aromatic rings. The normalized spacial score (nSPS) is 14.4. The average Bonchev–Trinajstić information content (AvgIpc) is 3.42. The average molecular weight is 571 g/mol. The molecule has 10 heteroatoms. The predicted molar refractivity (Wildman–Crippen MR) is 156 cm³/mol. The molecule has 1 atom stereocenters. The molecular weight excluding hydrogens is 543 g/mol. The smallest absolute Gasteiger partial charge is 0.309 e. The molecule has 41 heavy (non-hydrogen) atoms. The van der Waals surface area contributed by atoms with Crippen molar-refractivity contribution in [3.63, 3.8) is 0 Å². The van der Waals surface area contributed by atoms with E-state index in [-0.39, 0.29) is 30.0 Å². The fourth-order valence-electron chi connectivity index (χ4n) is 4.39. The van der Waals surface area contributed by atoms with Crippen LogP contribution in [0.15, 0.2) is 90.1 Å². The first-order valence-corrected chi connectivity index (χ1v) is 13.9. The molecule has 1 aliphatic heterocycles. The van der Waals surface area contributed by atoms with Gasteiger partial charge in [-0.1, -0.05) is 18.2 Å². The van der Waals surface area contributed by atoms with E-state index >= 15 is 0 Å². The molecular formula is C31H27FN4O4S. The Kier molecular flexibility index (Phi) is 8.71. The summed E-state index contributed by atoms with van der Waals surface area (Å²) in [5, 5.41) is 5.46. The number of halogens is 1. The van der Waals surface area contributed by atoms with Crippen LogP contribution in [0.25, 0.3) is 11.1 Å². The van der Waals surface area contributed by atoms with Crippen LogP contribution in [0.3, 0.4) is 0 Å². The van der Waals surface area contributed by atoms with Gasteiger partial charge < -0.3 is 21.1 Å². The molecule has 0 bridgehead atoms. The molecule has 3 aromatic carbocycles. The number of hydrogen-bond acceptors (Lipinski definition) is 7. The van der Waals surface area contributed by atoms with Crippen molar-refractivity contribution in [2.24, 2.45) is 11.7 Å². The monoisotopic (exact) mass is 570 g/mol. The number of esters is 1. The van der Waals surface area contributed by atoms with Gasteiger partial charge in [-0.25, -0.2) is 4.39 Å². The van der Waals surface area contributed by atoms with Gasteiger partial charge >= 0.3 is 5.97 Å². The molecule has 0 spiro atoms. The fourth-order valence-corrected chi connectivity index (χ4v) is 5.41. The second kappa shape index (κ2) is 12.8. The third kappa shape index (κ3) is 6.79. The van der Waals surface area contributed by atoms with Crippen LogP contribution >= 0.6 is 11.8 Å². The van der Waals surface area contributed by atoms with E-state index in [1.165, 1.54) is 12.3 Å². The van der Waals surface area contributed by atoms with E-state index in [1.54, 1.807) is 48.2 Å². The Morgan fingerprint density at radius 1 is 1.00 bits per heavy atom. The summed E-state index contributed by atoms with van der Waals surface area (Å²) in [4.78, 5) is 42.3. The molecule has 2 amide bonds. The van der Waals surface area contributed by atoms with E-state index in [1.807, 2.05) is 30.3 Å². The Hall–Kier alpha value is -4.54. The minimum atomic E-state index is -0.637. The maximum Gasteiger partial charge on any atom is 0.309 e. The molecule has 4 N–H and O–H groups in total. The lowest BCUT2D eigenvalue weighted by molar-refractivity contribution is -0.140. The standard InChI is InChI=1S/C31H27FN4O4S/c32-27-17-34-12-10-28(27)36-30(38)21-4-5-22(16-33)26(15-21)19-2-1-3-20(14-19)29(37)35-24-6-8-25(9-7-24)41-18-23-11-13-40-31(23)39/h1-10,12,14-15,17,23H,11,13,16,18,33H2,(H,35,37)(H,34,36,38)/t23-/m0/s1. The minimum Gasteiger partial charge on any atom is -0.465 e. The number of rotatable bonds is 9. The van der Waals surface area contributed by atoms with Crippen molar-refractivity contribution in [3.05, 3.63) is 108 Å². The molecule has 0 saturated carbocycles. The number of pyridine rings is 1. The van der Waals surface area contributed by atoms with Crippen molar-refractivity contribution in [2.45, 2.75) is 17.9 Å². The maximum absolute atomic E-state index is 14.0. The zero-order valence-corrected chi connectivity index (χ0v) is 22.7. The van der Waals surface area contributed by atoms with E-state index in [0.29, 0.717) is 40.3 Å². The second-order valence-corrected chi connectivity index (χ2v) is 10.5. The highest BCUT2D eigenvalue weighted by Crippen LogP contribution is 2.29. The topological polar surface area (TPSA) is 123 Å². The molecule has 1 aliphatic rings. The van der Waals surface area contributed by atoms with Crippen molar-refractivity contribution in [3.8, 4) is 11.1 Å². The van der Waals surface area contributed by atoms with Gasteiger partial charge in [-0.05, 0) is 77.7 Å². The van der Waals surface area contributed by atoms with Gasteiger partial charge in [-0.15, -0.1) is 11.8 Å². The number of hydrogen-bond donors (Lipinski definition) is 3. The van der Waals surface area contributed by atoms with Crippen LogP contribution in [0.4, 0.5) is 15.8 Å². The highest BCUT2D eigenvalue weighted by atomic mass is 32.2. The minimum absolute atomic E-state index is 0.0262. The molecule has 5 rings (SSSR count). The van der Waals surface area contributed by atoms with Crippen LogP contribution in [-0.2, 0) is 16.1 Å². The van der Waals surface area contributed by atoms with Crippen molar-refractivity contribution in [1.82, 2.24) is 4.98 Å². The molecule has 1 saturated heterocycles. The highest BCUT2D eigenvalue weighted by molar-refractivity contribution is 7.99. The number of carbonyl (C=O) groups excluding carboxylic acids is 3. The summed E-state index contributed by atoms with van der Waals surface area (Å²) in [6.45, 7) is 0.705. The Morgan fingerprint density at radius 2 is 1.78 bits per heavy atom. The summed E-state index contributed by atoms with van der Waals surface area (Å²) in [7, 11) is 0. The number of nitrogens with two attached hydrogens (primary N) is 1. The fraction of sp³-hybridized carbons (Fsp3) is 0.161. The molecule has 8 nitrogen and oxygen atoms in total. The van der Waals surface area contributed by atoms with E-state index in [2.05, 4.69) is 15.6 Å². The lowest BCUT2D eigenvalue weighted by Gasteiger charge is -2.13.